The van der Waals surface area contributed by atoms with E-state index in [1.54, 1.807) is 30.5 Å². The highest BCUT2D eigenvalue weighted by atomic mass is 35.5. The number of hydrogen-bond acceptors (Lipinski definition) is 5. The summed E-state index contributed by atoms with van der Waals surface area (Å²) in [5, 5.41) is 9.13. The molecule has 1 fully saturated rings. The van der Waals surface area contributed by atoms with Gasteiger partial charge in [0.05, 0.1) is 17.2 Å². The minimum atomic E-state index is -5.07. The lowest BCUT2D eigenvalue weighted by Crippen LogP contribution is -2.55. The molecule has 4 N–H and O–H groups in total. The summed E-state index contributed by atoms with van der Waals surface area (Å²) in [6, 6.07) is 5.19. The second-order valence-electron chi connectivity index (χ2n) is 11.5. The molecule has 15 heteroatoms. The summed E-state index contributed by atoms with van der Waals surface area (Å²) in [6.45, 7) is 3.45. The molecule has 1 saturated heterocycles. The number of esters is 1. The van der Waals surface area contributed by atoms with Gasteiger partial charge in [0.15, 0.2) is 0 Å². The maximum Gasteiger partial charge on any atom is 0.416 e. The number of carbonyl (C=O) groups is 3. The Hall–Kier alpha value is -3.78. The Morgan fingerprint density at radius 2 is 1.61 bits per heavy atom. The van der Waals surface area contributed by atoms with E-state index in [0.717, 1.165) is 17.3 Å². The quantitative estimate of drug-likeness (QED) is 0.154. The predicted molar refractivity (Wildman–Crippen MR) is 160 cm³/mol. The van der Waals surface area contributed by atoms with E-state index < -0.39 is 65.7 Å². The molecule has 0 saturated carbocycles. The van der Waals surface area contributed by atoms with Crippen LogP contribution in [0, 0.1) is 5.92 Å². The minimum absolute atomic E-state index is 0. The first-order chi connectivity index (χ1) is 21.1. The Balaban J connectivity index is 0.00000576. The highest BCUT2D eigenvalue weighted by Crippen LogP contribution is 2.36. The molecule has 2 amide bonds. The first-order valence-corrected chi connectivity index (χ1v) is 14.5. The van der Waals surface area contributed by atoms with Gasteiger partial charge >= 0.3 is 18.3 Å². The molecule has 46 heavy (non-hydrogen) atoms. The number of aromatic nitrogens is 1. The van der Waals surface area contributed by atoms with Gasteiger partial charge in [-0.05, 0) is 67.1 Å². The Labute approximate surface area is 267 Å². The number of H-pyrrole nitrogens is 1. The molecule has 252 valence electrons. The van der Waals surface area contributed by atoms with E-state index in [4.69, 9.17) is 4.74 Å². The van der Waals surface area contributed by atoms with E-state index in [-0.39, 0.29) is 43.1 Å². The molecule has 2 aromatic carbocycles. The number of benzene rings is 2. The monoisotopic (exact) mass is 676 g/mol. The first-order valence-electron chi connectivity index (χ1n) is 14.5. The van der Waals surface area contributed by atoms with Crippen molar-refractivity contribution in [1.29, 1.82) is 0 Å². The summed E-state index contributed by atoms with van der Waals surface area (Å²) >= 11 is 0. The first kappa shape index (κ1) is 36.7. The van der Waals surface area contributed by atoms with Crippen LogP contribution in [-0.4, -0.2) is 47.4 Å². The number of amides is 2. The van der Waals surface area contributed by atoms with Crippen molar-refractivity contribution in [3.63, 3.8) is 0 Å². The third kappa shape index (κ3) is 9.61. The molecular weight excluding hydrogens is 642 g/mol. The van der Waals surface area contributed by atoms with Gasteiger partial charge in [-0.1, -0.05) is 32.0 Å². The van der Waals surface area contributed by atoms with Gasteiger partial charge in [-0.3, -0.25) is 9.59 Å². The molecule has 4 rings (SSSR count). The second kappa shape index (κ2) is 15.2. The van der Waals surface area contributed by atoms with Crippen molar-refractivity contribution in [2.45, 2.75) is 76.6 Å². The third-order valence-corrected chi connectivity index (χ3v) is 7.45. The van der Waals surface area contributed by atoms with Crippen LogP contribution in [0.3, 0.4) is 0 Å². The van der Waals surface area contributed by atoms with Crippen molar-refractivity contribution in [3.05, 3.63) is 70.9 Å². The zero-order valence-electron chi connectivity index (χ0n) is 25.0. The zero-order valence-corrected chi connectivity index (χ0v) is 25.8. The normalized spacial score (nSPS) is 16.5. The van der Waals surface area contributed by atoms with Crippen LogP contribution in [0.5, 0.6) is 0 Å². The fourth-order valence-corrected chi connectivity index (χ4v) is 5.23. The highest BCUT2D eigenvalue weighted by Gasteiger charge is 2.37. The maximum absolute atomic E-state index is 13.5. The molecule has 0 aliphatic carbocycles. The zero-order chi connectivity index (χ0) is 32.9. The number of para-hydroxylation sites is 1. The van der Waals surface area contributed by atoms with E-state index >= 15 is 0 Å². The van der Waals surface area contributed by atoms with E-state index in [1.165, 1.54) is 0 Å². The van der Waals surface area contributed by atoms with Crippen LogP contribution in [0.2, 0.25) is 0 Å². The average Bonchev–Trinajstić information content (AvgIpc) is 3.65. The van der Waals surface area contributed by atoms with Gasteiger partial charge in [-0.15, -0.1) is 12.4 Å². The largest absolute Gasteiger partial charge is 0.459 e. The maximum atomic E-state index is 13.5. The Bertz CT molecular complexity index is 1490. The van der Waals surface area contributed by atoms with Crippen molar-refractivity contribution in [1.82, 2.24) is 20.9 Å². The average molecular weight is 677 g/mol. The summed E-state index contributed by atoms with van der Waals surface area (Å²) < 4.78 is 85.3. The van der Waals surface area contributed by atoms with Gasteiger partial charge in [0.25, 0.3) is 0 Å². The SMILES string of the molecule is CC(C)C[C@H](NC(=O)[C@@H]1CCCN1)C(=O)N[C@@H](Cc1c[nH]c2ccccc12)C(=O)OCc1cc(C(F)(F)F)cc(C(F)(F)F)c1.Cl. The summed E-state index contributed by atoms with van der Waals surface area (Å²) in [4.78, 5) is 42.7. The van der Waals surface area contributed by atoms with Crippen LogP contribution < -0.4 is 16.0 Å². The number of alkyl halides is 6. The topological polar surface area (TPSA) is 112 Å². The molecule has 0 bridgehead atoms. The fourth-order valence-electron chi connectivity index (χ4n) is 5.23. The molecule has 0 radical (unpaired) electrons. The van der Waals surface area contributed by atoms with Crippen LogP contribution in [-0.2, 0) is 44.5 Å². The Morgan fingerprint density at radius 1 is 0.957 bits per heavy atom. The number of carbonyl (C=O) groups excluding carboxylic acids is 3. The van der Waals surface area contributed by atoms with Crippen LogP contribution in [0.15, 0.2) is 48.7 Å². The van der Waals surface area contributed by atoms with E-state index in [9.17, 15) is 40.7 Å². The number of halogens is 7. The van der Waals surface area contributed by atoms with Gasteiger partial charge < -0.3 is 25.7 Å². The predicted octanol–water partition coefficient (Wildman–Crippen LogP) is 5.68. The van der Waals surface area contributed by atoms with Crippen molar-refractivity contribution < 1.29 is 45.5 Å². The second-order valence-corrected chi connectivity index (χ2v) is 11.5. The van der Waals surface area contributed by atoms with Gasteiger partial charge in [-0.2, -0.15) is 26.3 Å². The summed E-state index contributed by atoms with van der Waals surface area (Å²) in [5.41, 5.74) is -2.28. The Kier molecular flexibility index (Phi) is 12.1. The smallest absolute Gasteiger partial charge is 0.416 e. The van der Waals surface area contributed by atoms with Gasteiger partial charge in [0, 0.05) is 23.5 Å². The molecule has 3 atom stereocenters. The van der Waals surface area contributed by atoms with Crippen LogP contribution in [0.4, 0.5) is 26.3 Å². The van der Waals surface area contributed by atoms with Crippen molar-refractivity contribution >= 4 is 41.1 Å². The molecule has 3 aromatic rings. The van der Waals surface area contributed by atoms with Crippen LogP contribution >= 0.6 is 12.4 Å². The summed E-state index contributed by atoms with van der Waals surface area (Å²) in [7, 11) is 0. The standard InChI is InChI=1S/C31H34F6N4O4.ClH/c1-17(2)10-25(40-27(42)24-8-5-9-38-24)28(43)41-26(13-19-15-39-23-7-4-3-6-22(19)23)29(44)45-16-18-11-20(30(32,33)34)14-21(12-18)31(35,36)37;/h3-4,6-7,11-12,14-15,17,24-26,38-39H,5,8-10,13,16H2,1-2H3,(H,40,42)(H,41,43);1H/t24-,25-,26-;/m0./s1. The van der Waals surface area contributed by atoms with Gasteiger partial charge in [0.1, 0.15) is 18.7 Å². The molecule has 2 heterocycles. The van der Waals surface area contributed by atoms with Crippen molar-refractivity contribution in [2.24, 2.45) is 5.92 Å². The van der Waals surface area contributed by atoms with E-state index in [1.807, 2.05) is 13.8 Å². The number of nitrogens with one attached hydrogen (secondary N) is 4. The third-order valence-electron chi connectivity index (χ3n) is 7.45. The lowest BCUT2D eigenvalue weighted by Gasteiger charge is -2.25. The van der Waals surface area contributed by atoms with Crippen LogP contribution in [0.25, 0.3) is 10.9 Å². The highest BCUT2D eigenvalue weighted by molar-refractivity contribution is 5.92. The number of ether oxygens (including phenoxy) is 1. The molecule has 1 aliphatic rings. The summed E-state index contributed by atoms with van der Waals surface area (Å²) in [5.74, 6) is -2.16. The van der Waals surface area contributed by atoms with Crippen molar-refractivity contribution in [2.75, 3.05) is 6.54 Å². The number of aromatic amines is 1. The Morgan fingerprint density at radius 3 is 2.20 bits per heavy atom. The van der Waals surface area contributed by atoms with Crippen molar-refractivity contribution in [3.8, 4) is 0 Å². The lowest BCUT2D eigenvalue weighted by atomic mass is 10.0. The molecule has 0 spiro atoms. The number of rotatable bonds is 11. The fraction of sp³-hybridized carbons (Fsp3) is 0.452. The molecule has 1 aromatic heterocycles. The number of fused-ring (bicyclic) bond motifs is 1. The molecule has 8 nitrogen and oxygen atoms in total. The molecule has 1 aliphatic heterocycles. The van der Waals surface area contributed by atoms with E-state index in [2.05, 4.69) is 20.9 Å². The van der Waals surface area contributed by atoms with Crippen LogP contribution in [0.1, 0.15) is 55.4 Å². The summed E-state index contributed by atoms with van der Waals surface area (Å²) in [6.07, 6.45) is -7.00. The van der Waals surface area contributed by atoms with E-state index in [0.29, 0.717) is 30.7 Å². The lowest BCUT2D eigenvalue weighted by molar-refractivity contribution is -0.149. The van der Waals surface area contributed by atoms with Gasteiger partial charge in [0.2, 0.25) is 11.8 Å². The minimum Gasteiger partial charge on any atom is -0.459 e. The number of hydrogen-bond donors (Lipinski definition) is 4. The molecular formula is C31H35ClF6N4O4. The van der Waals surface area contributed by atoms with Gasteiger partial charge in [-0.25, -0.2) is 4.79 Å². The molecule has 0 unspecified atom stereocenters.